The van der Waals surface area contributed by atoms with Gasteiger partial charge in [-0.2, -0.15) is 0 Å². The molecular formula is C17H21N3O2. The Bertz CT molecular complexity index is 678. The molecule has 0 bridgehead atoms. The number of nitrogens with zero attached hydrogens (tertiary/aromatic N) is 3. The zero-order valence-electron chi connectivity index (χ0n) is 13.1. The molecule has 0 aliphatic carbocycles. The third kappa shape index (κ3) is 2.58. The van der Waals surface area contributed by atoms with Crippen molar-refractivity contribution in [2.75, 3.05) is 18.6 Å². The summed E-state index contributed by atoms with van der Waals surface area (Å²) in [5.41, 5.74) is 2.15. The lowest BCUT2D eigenvalue weighted by Crippen LogP contribution is -2.33. The summed E-state index contributed by atoms with van der Waals surface area (Å²) in [6.07, 6.45) is 6.60. The number of aromatic nitrogens is 2. The first kappa shape index (κ1) is 14.6. The minimum atomic E-state index is -0.0387. The molecule has 0 saturated carbocycles. The molecule has 116 valence electrons. The van der Waals surface area contributed by atoms with Crippen LogP contribution >= 0.6 is 0 Å². The van der Waals surface area contributed by atoms with Gasteiger partial charge >= 0.3 is 0 Å². The van der Waals surface area contributed by atoms with Gasteiger partial charge in [-0.1, -0.05) is 6.07 Å². The zero-order valence-corrected chi connectivity index (χ0v) is 13.1. The maximum atomic E-state index is 13.0. The lowest BCUT2D eigenvalue weighted by molar-refractivity contribution is 0.0973. The van der Waals surface area contributed by atoms with Crippen molar-refractivity contribution < 1.29 is 9.53 Å². The Balaban J connectivity index is 2.02. The average molecular weight is 299 g/mol. The fourth-order valence-corrected chi connectivity index (χ4v) is 2.93. The van der Waals surface area contributed by atoms with Gasteiger partial charge in [0.15, 0.2) is 5.82 Å². The predicted molar refractivity (Wildman–Crippen MR) is 85.5 cm³/mol. The molecule has 0 fully saturated rings. The van der Waals surface area contributed by atoms with E-state index in [4.69, 9.17) is 4.74 Å². The normalized spacial score (nSPS) is 14.4. The number of ether oxygens (including phenoxy) is 1. The van der Waals surface area contributed by atoms with E-state index in [0.29, 0.717) is 5.82 Å². The van der Waals surface area contributed by atoms with Gasteiger partial charge < -0.3 is 14.2 Å². The largest absolute Gasteiger partial charge is 0.497 e. The van der Waals surface area contributed by atoms with Gasteiger partial charge in [0.25, 0.3) is 5.91 Å². The first-order chi connectivity index (χ1) is 10.7. The van der Waals surface area contributed by atoms with Crippen LogP contribution < -0.4 is 9.64 Å². The van der Waals surface area contributed by atoms with Gasteiger partial charge in [0.2, 0.25) is 0 Å². The number of hydrogen-bond donors (Lipinski definition) is 0. The maximum Gasteiger partial charge on any atom is 0.294 e. The lowest BCUT2D eigenvalue weighted by atomic mass is 10.1. The molecule has 1 aliphatic heterocycles. The molecule has 0 atom stereocenters. The van der Waals surface area contributed by atoms with Crippen LogP contribution in [0.25, 0.3) is 0 Å². The van der Waals surface area contributed by atoms with Crippen LogP contribution in [0.15, 0.2) is 30.6 Å². The Morgan fingerprint density at radius 2 is 2.23 bits per heavy atom. The van der Waals surface area contributed by atoms with Gasteiger partial charge in [-0.3, -0.25) is 4.79 Å². The van der Waals surface area contributed by atoms with E-state index in [1.807, 2.05) is 34.7 Å². The van der Waals surface area contributed by atoms with Crippen LogP contribution in [0.3, 0.4) is 0 Å². The van der Waals surface area contributed by atoms with Crippen molar-refractivity contribution in [3.63, 3.8) is 0 Å². The average Bonchev–Trinajstić information content (AvgIpc) is 2.93. The number of anilines is 1. The van der Waals surface area contributed by atoms with Crippen LogP contribution in [0.4, 0.5) is 5.69 Å². The van der Waals surface area contributed by atoms with E-state index >= 15 is 0 Å². The second-order valence-corrected chi connectivity index (χ2v) is 5.45. The molecule has 5 nitrogen and oxygen atoms in total. The third-order valence-corrected chi connectivity index (χ3v) is 4.15. The zero-order chi connectivity index (χ0) is 15.5. The number of imidazole rings is 1. The van der Waals surface area contributed by atoms with Gasteiger partial charge in [-0.25, -0.2) is 4.98 Å². The van der Waals surface area contributed by atoms with Crippen molar-refractivity contribution in [1.82, 2.24) is 9.55 Å². The summed E-state index contributed by atoms with van der Waals surface area (Å²) >= 11 is 0. The Morgan fingerprint density at radius 1 is 1.36 bits per heavy atom. The molecule has 0 saturated heterocycles. The van der Waals surface area contributed by atoms with Gasteiger partial charge in [-0.05, 0) is 37.8 Å². The molecule has 22 heavy (non-hydrogen) atoms. The number of rotatable bonds is 3. The summed E-state index contributed by atoms with van der Waals surface area (Å²) in [4.78, 5) is 19.1. The van der Waals surface area contributed by atoms with Gasteiger partial charge in [-0.15, -0.1) is 0 Å². The lowest BCUT2D eigenvalue weighted by Gasteiger charge is -2.23. The SMILES string of the molecule is CCn1ccnc1C(=O)N1CCCCc2ccc(OC)cc21. The van der Waals surface area contributed by atoms with E-state index in [0.717, 1.165) is 43.8 Å². The quantitative estimate of drug-likeness (QED) is 0.875. The van der Waals surface area contributed by atoms with Crippen molar-refractivity contribution in [2.24, 2.45) is 0 Å². The summed E-state index contributed by atoms with van der Waals surface area (Å²) < 4.78 is 7.21. The van der Waals surface area contributed by atoms with E-state index in [2.05, 4.69) is 11.1 Å². The summed E-state index contributed by atoms with van der Waals surface area (Å²) in [6.45, 7) is 3.47. The number of fused-ring (bicyclic) bond motifs is 1. The van der Waals surface area contributed by atoms with Crippen molar-refractivity contribution >= 4 is 11.6 Å². The molecule has 2 heterocycles. The predicted octanol–water partition coefficient (Wildman–Crippen LogP) is 2.89. The number of hydrogen-bond acceptors (Lipinski definition) is 3. The van der Waals surface area contributed by atoms with Gasteiger partial charge in [0.1, 0.15) is 5.75 Å². The highest BCUT2D eigenvalue weighted by atomic mass is 16.5. The summed E-state index contributed by atoms with van der Waals surface area (Å²) in [5, 5.41) is 0. The van der Waals surface area contributed by atoms with Gasteiger partial charge in [0, 0.05) is 31.5 Å². The van der Waals surface area contributed by atoms with Crippen LogP contribution in [-0.4, -0.2) is 29.1 Å². The fourth-order valence-electron chi connectivity index (χ4n) is 2.93. The van der Waals surface area contributed by atoms with E-state index in [9.17, 15) is 4.79 Å². The van der Waals surface area contributed by atoms with Crippen LogP contribution in [0.5, 0.6) is 5.75 Å². The Labute approximate surface area is 130 Å². The topological polar surface area (TPSA) is 47.4 Å². The molecule has 0 N–H and O–H groups in total. The van der Waals surface area contributed by atoms with E-state index in [1.165, 1.54) is 5.56 Å². The molecule has 5 heteroatoms. The van der Waals surface area contributed by atoms with Crippen LogP contribution in [0.1, 0.15) is 35.9 Å². The van der Waals surface area contributed by atoms with E-state index in [-0.39, 0.29) is 5.91 Å². The Kier molecular flexibility index (Phi) is 4.13. The van der Waals surface area contributed by atoms with Crippen LogP contribution in [0.2, 0.25) is 0 Å². The highest BCUT2D eigenvalue weighted by Crippen LogP contribution is 2.31. The molecular weight excluding hydrogens is 278 g/mol. The summed E-state index contributed by atoms with van der Waals surface area (Å²) in [6, 6.07) is 5.98. The molecule has 1 amide bonds. The third-order valence-electron chi connectivity index (χ3n) is 4.15. The molecule has 1 aliphatic rings. The van der Waals surface area contributed by atoms with E-state index < -0.39 is 0 Å². The Morgan fingerprint density at radius 3 is 3.00 bits per heavy atom. The van der Waals surface area contributed by atoms with Gasteiger partial charge in [0.05, 0.1) is 12.8 Å². The number of carbonyl (C=O) groups is 1. The first-order valence-corrected chi connectivity index (χ1v) is 7.74. The first-order valence-electron chi connectivity index (χ1n) is 7.74. The molecule has 1 aromatic heterocycles. The van der Waals surface area contributed by atoms with Crippen LogP contribution in [0, 0.1) is 0 Å². The fraction of sp³-hybridized carbons (Fsp3) is 0.412. The highest BCUT2D eigenvalue weighted by Gasteiger charge is 2.25. The van der Waals surface area contributed by atoms with Crippen molar-refractivity contribution in [1.29, 1.82) is 0 Å². The maximum absolute atomic E-state index is 13.0. The molecule has 0 radical (unpaired) electrons. The summed E-state index contributed by atoms with van der Waals surface area (Å²) in [5.74, 6) is 1.23. The van der Waals surface area contributed by atoms with Crippen molar-refractivity contribution in [2.45, 2.75) is 32.7 Å². The number of benzene rings is 1. The molecule has 0 unspecified atom stereocenters. The number of carbonyl (C=O) groups excluding carboxylic acids is 1. The van der Waals surface area contributed by atoms with Crippen molar-refractivity contribution in [3.05, 3.63) is 42.0 Å². The Hall–Kier alpha value is -2.30. The molecule has 2 aromatic rings. The number of methoxy groups -OCH3 is 1. The molecule has 1 aromatic carbocycles. The second kappa shape index (κ2) is 6.22. The monoisotopic (exact) mass is 299 g/mol. The molecule has 0 spiro atoms. The number of amides is 1. The minimum absolute atomic E-state index is 0.0387. The number of aryl methyl sites for hydroxylation is 2. The summed E-state index contributed by atoms with van der Waals surface area (Å²) in [7, 11) is 1.65. The van der Waals surface area contributed by atoms with Crippen molar-refractivity contribution in [3.8, 4) is 5.75 Å². The standard InChI is InChI=1S/C17H21N3O2/c1-3-19-11-9-18-16(19)17(21)20-10-5-4-6-13-7-8-14(22-2)12-15(13)20/h7-9,11-12H,3-6,10H2,1-2H3. The minimum Gasteiger partial charge on any atom is -0.497 e. The molecule has 3 rings (SSSR count). The smallest absolute Gasteiger partial charge is 0.294 e. The van der Waals surface area contributed by atoms with E-state index in [1.54, 1.807) is 13.3 Å². The van der Waals surface area contributed by atoms with Crippen LogP contribution in [-0.2, 0) is 13.0 Å². The second-order valence-electron chi connectivity index (χ2n) is 5.45. The highest BCUT2D eigenvalue weighted by molar-refractivity contribution is 6.04.